The summed E-state index contributed by atoms with van der Waals surface area (Å²) in [6, 6.07) is 9.92. The van der Waals surface area contributed by atoms with Gasteiger partial charge in [0, 0.05) is 19.3 Å². The largest absolute Gasteiger partial charge is 0.416 e. The van der Waals surface area contributed by atoms with Crippen LogP contribution < -0.4 is 4.90 Å². The third kappa shape index (κ3) is 3.64. The second kappa shape index (κ2) is 7.82. The summed E-state index contributed by atoms with van der Waals surface area (Å²) in [6.45, 7) is 2.58. The van der Waals surface area contributed by atoms with E-state index in [0.29, 0.717) is 23.5 Å². The lowest BCUT2D eigenvalue weighted by atomic mass is 9.83. The molecule has 166 valence electrons. The van der Waals surface area contributed by atoms with Crippen LogP contribution in [-0.2, 0) is 22.3 Å². The highest BCUT2D eigenvalue weighted by Crippen LogP contribution is 2.37. The van der Waals surface area contributed by atoms with Gasteiger partial charge in [0.1, 0.15) is 11.9 Å². The number of alkyl halides is 3. The van der Waals surface area contributed by atoms with Crippen molar-refractivity contribution >= 4 is 17.6 Å². The number of nitrogens with zero attached hydrogens (tertiary/aromatic N) is 5. The number of anilines is 1. The minimum atomic E-state index is -4.44. The minimum Gasteiger partial charge on any atom is -0.351 e. The number of carbonyl (C=O) groups excluding carboxylic acids is 2. The van der Waals surface area contributed by atoms with Crippen molar-refractivity contribution in [3.8, 4) is 6.07 Å². The molecule has 1 aromatic carbocycles. The van der Waals surface area contributed by atoms with Crippen LogP contribution in [0.2, 0.25) is 0 Å². The Kier molecular flexibility index (Phi) is 5.28. The van der Waals surface area contributed by atoms with Gasteiger partial charge in [0.05, 0.1) is 30.8 Å². The van der Waals surface area contributed by atoms with Crippen molar-refractivity contribution < 1.29 is 22.8 Å². The Morgan fingerprint density at radius 2 is 1.81 bits per heavy atom. The first-order valence-corrected chi connectivity index (χ1v) is 10.0. The van der Waals surface area contributed by atoms with Crippen LogP contribution in [0.25, 0.3) is 0 Å². The number of hydrogen-bond donors (Lipinski definition) is 0. The predicted molar refractivity (Wildman–Crippen MR) is 108 cm³/mol. The Morgan fingerprint density at radius 1 is 1.12 bits per heavy atom. The first kappa shape index (κ1) is 21.6. The summed E-state index contributed by atoms with van der Waals surface area (Å²) in [4.78, 5) is 35.3. The molecule has 3 heterocycles. The molecule has 2 aliphatic heterocycles. The molecular formula is C22H20F3N5O2. The molecule has 0 unspecified atom stereocenters. The van der Waals surface area contributed by atoms with Crippen LogP contribution in [0.5, 0.6) is 0 Å². The Balaban J connectivity index is 1.59. The average molecular weight is 443 g/mol. The molecule has 0 bridgehead atoms. The number of benzene rings is 1. The molecule has 1 spiro atoms. The molecule has 2 aromatic rings. The van der Waals surface area contributed by atoms with Crippen molar-refractivity contribution in [2.45, 2.75) is 25.2 Å². The molecule has 0 N–H and O–H groups in total. The molecule has 2 fully saturated rings. The first-order valence-electron chi connectivity index (χ1n) is 10.0. The molecular weight excluding hydrogens is 423 g/mol. The number of amides is 2. The van der Waals surface area contributed by atoms with E-state index in [9.17, 15) is 22.8 Å². The van der Waals surface area contributed by atoms with Gasteiger partial charge in [0.2, 0.25) is 5.91 Å². The van der Waals surface area contributed by atoms with Gasteiger partial charge >= 0.3 is 6.18 Å². The van der Waals surface area contributed by atoms with Gasteiger partial charge in [-0.05, 0) is 36.8 Å². The summed E-state index contributed by atoms with van der Waals surface area (Å²) >= 11 is 0. The van der Waals surface area contributed by atoms with E-state index in [-0.39, 0.29) is 38.0 Å². The van der Waals surface area contributed by atoms with Crippen LogP contribution in [0, 0.1) is 11.3 Å². The number of hydrogen-bond acceptors (Lipinski definition) is 5. The number of carbonyl (C=O) groups is 2. The van der Waals surface area contributed by atoms with Crippen LogP contribution in [0.15, 0.2) is 42.6 Å². The Hall–Kier alpha value is -3.61. The number of likely N-dealkylation sites (N-methyl/N-ethyl adjacent to an activating group) is 1. The number of aromatic nitrogens is 1. The number of halogens is 3. The number of piperazine rings is 1. The standard InChI is InChI=1S/C22H20F3N5O2/c1-2-28-12-19(31)30(11-15-3-6-17(7-4-15)22(23,24)25)21(20(28)32)13-29(14-21)18-8-5-16(9-26)10-27-18/h3-8,10H,2,11-14H2,1H3. The summed E-state index contributed by atoms with van der Waals surface area (Å²) in [5.41, 5.74) is -0.952. The van der Waals surface area contributed by atoms with Gasteiger partial charge in [-0.1, -0.05) is 12.1 Å². The lowest BCUT2D eigenvalue weighted by Crippen LogP contribution is -2.80. The zero-order chi connectivity index (χ0) is 23.1. The zero-order valence-electron chi connectivity index (χ0n) is 17.3. The van der Waals surface area contributed by atoms with Gasteiger partial charge in [0.15, 0.2) is 5.54 Å². The van der Waals surface area contributed by atoms with Gasteiger partial charge in [-0.2, -0.15) is 18.4 Å². The van der Waals surface area contributed by atoms with Crippen LogP contribution in [0.4, 0.5) is 19.0 Å². The van der Waals surface area contributed by atoms with E-state index in [4.69, 9.17) is 5.26 Å². The van der Waals surface area contributed by atoms with Crippen molar-refractivity contribution in [1.82, 2.24) is 14.8 Å². The van der Waals surface area contributed by atoms with Crippen LogP contribution in [-0.4, -0.2) is 58.3 Å². The van der Waals surface area contributed by atoms with E-state index < -0.39 is 17.3 Å². The highest BCUT2D eigenvalue weighted by atomic mass is 19.4. The molecule has 32 heavy (non-hydrogen) atoms. The van der Waals surface area contributed by atoms with Crippen LogP contribution in [0.3, 0.4) is 0 Å². The Labute approximate surface area is 182 Å². The highest BCUT2D eigenvalue weighted by molar-refractivity contribution is 6.00. The van der Waals surface area contributed by atoms with E-state index in [1.54, 1.807) is 19.1 Å². The van der Waals surface area contributed by atoms with E-state index in [1.807, 2.05) is 11.0 Å². The van der Waals surface area contributed by atoms with Gasteiger partial charge in [-0.15, -0.1) is 0 Å². The maximum absolute atomic E-state index is 13.3. The Bertz CT molecular complexity index is 1070. The first-order chi connectivity index (χ1) is 15.2. The highest BCUT2D eigenvalue weighted by Gasteiger charge is 2.59. The van der Waals surface area contributed by atoms with E-state index >= 15 is 0 Å². The summed E-state index contributed by atoms with van der Waals surface area (Å²) in [6.07, 6.45) is -3.01. The van der Waals surface area contributed by atoms with Gasteiger partial charge in [-0.25, -0.2) is 4.98 Å². The number of pyridine rings is 1. The number of nitriles is 1. The Morgan fingerprint density at radius 3 is 2.34 bits per heavy atom. The van der Waals surface area contributed by atoms with Gasteiger partial charge in [-0.3, -0.25) is 9.59 Å². The third-order valence-corrected chi connectivity index (χ3v) is 5.94. The molecule has 0 aliphatic carbocycles. The fourth-order valence-corrected chi connectivity index (χ4v) is 4.14. The summed E-state index contributed by atoms with van der Waals surface area (Å²) in [7, 11) is 0. The lowest BCUT2D eigenvalue weighted by Gasteiger charge is -2.58. The van der Waals surface area contributed by atoms with E-state index in [2.05, 4.69) is 4.98 Å². The van der Waals surface area contributed by atoms with Crippen molar-refractivity contribution in [2.24, 2.45) is 0 Å². The van der Waals surface area contributed by atoms with Crippen LogP contribution in [0.1, 0.15) is 23.6 Å². The summed E-state index contributed by atoms with van der Waals surface area (Å²) in [5.74, 6) is 0.146. The molecule has 10 heteroatoms. The summed E-state index contributed by atoms with van der Waals surface area (Å²) < 4.78 is 38.6. The third-order valence-electron chi connectivity index (χ3n) is 5.94. The summed E-state index contributed by atoms with van der Waals surface area (Å²) in [5, 5.41) is 8.93. The molecule has 4 rings (SSSR count). The molecule has 2 aliphatic rings. The maximum atomic E-state index is 13.3. The zero-order valence-corrected chi connectivity index (χ0v) is 17.3. The smallest absolute Gasteiger partial charge is 0.351 e. The monoisotopic (exact) mass is 443 g/mol. The topological polar surface area (TPSA) is 80.5 Å². The molecule has 1 aromatic heterocycles. The minimum absolute atomic E-state index is 0.0366. The fraction of sp³-hybridized carbons (Fsp3) is 0.364. The molecule has 2 saturated heterocycles. The molecule has 2 amide bonds. The lowest BCUT2D eigenvalue weighted by molar-refractivity contribution is -0.168. The second-order valence-electron chi connectivity index (χ2n) is 7.90. The van der Waals surface area contributed by atoms with Crippen molar-refractivity contribution in [2.75, 3.05) is 31.1 Å². The van der Waals surface area contributed by atoms with E-state index in [1.165, 1.54) is 28.1 Å². The predicted octanol–water partition coefficient (Wildman–Crippen LogP) is 2.42. The average Bonchev–Trinajstić information content (AvgIpc) is 2.75. The normalized spacial score (nSPS) is 18.0. The van der Waals surface area contributed by atoms with Crippen LogP contribution >= 0.6 is 0 Å². The molecule has 0 saturated carbocycles. The van der Waals surface area contributed by atoms with Crippen molar-refractivity contribution in [3.05, 3.63) is 59.3 Å². The van der Waals surface area contributed by atoms with E-state index in [0.717, 1.165) is 12.1 Å². The van der Waals surface area contributed by atoms with Crippen molar-refractivity contribution in [3.63, 3.8) is 0 Å². The van der Waals surface area contributed by atoms with Crippen molar-refractivity contribution in [1.29, 1.82) is 5.26 Å². The molecule has 7 nitrogen and oxygen atoms in total. The quantitative estimate of drug-likeness (QED) is 0.725. The number of rotatable bonds is 4. The SMILES string of the molecule is CCN1CC(=O)N(Cc2ccc(C(F)(F)F)cc2)C2(CN(c3ccc(C#N)cn3)C2)C1=O. The maximum Gasteiger partial charge on any atom is 0.416 e. The van der Waals surface area contributed by atoms with Gasteiger partial charge in [0.25, 0.3) is 5.91 Å². The molecule has 0 radical (unpaired) electrons. The second-order valence-corrected chi connectivity index (χ2v) is 7.90. The fourth-order valence-electron chi connectivity index (χ4n) is 4.14. The molecule has 0 atom stereocenters. The van der Waals surface area contributed by atoms with Gasteiger partial charge < -0.3 is 14.7 Å².